The molecule has 0 saturated carbocycles. The van der Waals surface area contributed by atoms with Gasteiger partial charge >= 0.3 is 35.9 Å². The summed E-state index contributed by atoms with van der Waals surface area (Å²) < 4.78 is 39.1. The largest absolute Gasteiger partial charge is 0.465 e. The van der Waals surface area contributed by atoms with Gasteiger partial charge in [-0.25, -0.2) is 4.79 Å². The van der Waals surface area contributed by atoms with Crippen molar-refractivity contribution in [2.24, 2.45) is 11.8 Å². The fourth-order valence-corrected chi connectivity index (χ4v) is 6.69. The maximum Gasteiger partial charge on any atom is 0.410 e. The molecule has 0 radical (unpaired) electrons. The summed E-state index contributed by atoms with van der Waals surface area (Å²) in [5.41, 5.74) is -0.759. The van der Waals surface area contributed by atoms with Crippen LogP contribution in [0.3, 0.4) is 0 Å². The van der Waals surface area contributed by atoms with Crippen molar-refractivity contribution in [1.82, 2.24) is 4.90 Å². The first-order valence-corrected chi connectivity index (χ1v) is 26.6. The van der Waals surface area contributed by atoms with Gasteiger partial charge in [-0.15, -0.1) is 0 Å². The summed E-state index contributed by atoms with van der Waals surface area (Å²) in [6.45, 7) is 18.9. The summed E-state index contributed by atoms with van der Waals surface area (Å²) in [4.78, 5) is 77.3. The van der Waals surface area contributed by atoms with E-state index in [1.54, 1.807) is 20.8 Å². The van der Waals surface area contributed by atoms with Crippen LogP contribution in [-0.2, 0) is 57.1 Å². The summed E-state index contributed by atoms with van der Waals surface area (Å²) in [5, 5.41) is 0. The van der Waals surface area contributed by atoms with E-state index in [2.05, 4.69) is 20.8 Å². The maximum absolute atomic E-state index is 13.2. The Morgan fingerprint density at radius 3 is 1.06 bits per heavy atom. The van der Waals surface area contributed by atoms with Crippen molar-refractivity contribution in [2.45, 2.75) is 235 Å². The highest BCUT2D eigenvalue weighted by molar-refractivity contribution is 5.72. The van der Waals surface area contributed by atoms with Gasteiger partial charge in [-0.3, -0.25) is 24.0 Å². The number of amides is 1. The lowest BCUT2D eigenvalue weighted by Gasteiger charge is -2.27. The molecular weight excluding hydrogens is 859 g/mol. The minimum atomic E-state index is -0.759. The maximum atomic E-state index is 13.2. The van der Waals surface area contributed by atoms with Crippen molar-refractivity contribution in [3.8, 4) is 0 Å². The third-order valence-electron chi connectivity index (χ3n) is 10.6. The number of hydrogen-bond acceptors (Lipinski definition) is 13. The third kappa shape index (κ3) is 44.8. The van der Waals surface area contributed by atoms with Gasteiger partial charge in [0.2, 0.25) is 0 Å². The zero-order chi connectivity index (χ0) is 50.4. The van der Waals surface area contributed by atoms with Gasteiger partial charge in [0.05, 0.1) is 31.7 Å². The Kier molecular flexibility index (Phi) is 45.4. The summed E-state index contributed by atoms with van der Waals surface area (Å²) >= 11 is 0. The third-order valence-corrected chi connectivity index (χ3v) is 10.6. The highest BCUT2D eigenvalue weighted by Gasteiger charge is 2.24. The molecule has 0 saturated heterocycles. The predicted octanol–water partition coefficient (Wildman–Crippen LogP) is 12.4. The second-order valence-corrected chi connectivity index (χ2v) is 18.4. The molecule has 0 aliphatic heterocycles. The number of esters is 5. The van der Waals surface area contributed by atoms with Crippen molar-refractivity contribution in [2.75, 3.05) is 59.3 Å². The Morgan fingerprint density at radius 1 is 0.388 bits per heavy atom. The predicted molar refractivity (Wildman–Crippen MR) is 264 cm³/mol. The van der Waals surface area contributed by atoms with Crippen LogP contribution in [0.1, 0.15) is 229 Å². The van der Waals surface area contributed by atoms with E-state index in [4.69, 9.17) is 33.2 Å². The molecule has 0 aliphatic carbocycles. The highest BCUT2D eigenvalue weighted by atomic mass is 16.6. The highest BCUT2D eigenvalue weighted by Crippen LogP contribution is 2.15. The van der Waals surface area contributed by atoms with Gasteiger partial charge < -0.3 is 38.1 Å². The van der Waals surface area contributed by atoms with Crippen molar-refractivity contribution in [3.63, 3.8) is 0 Å². The van der Waals surface area contributed by atoms with Crippen molar-refractivity contribution < 1.29 is 61.9 Å². The minimum absolute atomic E-state index is 0.00677. The molecule has 0 aliphatic rings. The Morgan fingerprint density at radius 2 is 0.701 bits per heavy atom. The van der Waals surface area contributed by atoms with E-state index in [-0.39, 0.29) is 95.6 Å². The van der Waals surface area contributed by atoms with Crippen LogP contribution in [-0.4, -0.2) is 106 Å². The first-order chi connectivity index (χ1) is 32.2. The molecule has 0 rings (SSSR count). The molecule has 2 unspecified atom stereocenters. The normalized spacial score (nSPS) is 12.0. The zero-order valence-electron chi connectivity index (χ0n) is 44.2. The summed E-state index contributed by atoms with van der Waals surface area (Å²) in [5.74, 6) is -2.75. The van der Waals surface area contributed by atoms with Gasteiger partial charge in [0.1, 0.15) is 25.4 Å². The Labute approximate surface area is 407 Å². The van der Waals surface area contributed by atoms with E-state index < -0.39 is 29.6 Å². The van der Waals surface area contributed by atoms with E-state index in [1.165, 1.54) is 56.3 Å². The summed E-state index contributed by atoms with van der Waals surface area (Å²) in [6, 6.07) is 0. The van der Waals surface area contributed by atoms with Crippen molar-refractivity contribution in [1.29, 1.82) is 0 Å². The lowest BCUT2D eigenvalue weighted by atomic mass is 10.1. The Hall–Kier alpha value is -3.42. The Bertz CT molecular complexity index is 1240. The molecule has 0 aromatic carbocycles. The number of carbonyl (C=O) groups excluding carboxylic acids is 6. The zero-order valence-corrected chi connectivity index (χ0v) is 44.2. The molecule has 14 nitrogen and oxygen atoms in total. The quantitative estimate of drug-likeness (QED) is 0.0322. The van der Waals surface area contributed by atoms with E-state index >= 15 is 0 Å². The number of nitrogens with zero attached hydrogens (tertiary/aromatic N) is 1. The van der Waals surface area contributed by atoms with Crippen LogP contribution in [0.25, 0.3) is 0 Å². The molecule has 0 fully saturated rings. The minimum Gasteiger partial charge on any atom is -0.465 e. The molecule has 1 amide bonds. The van der Waals surface area contributed by atoms with Crippen LogP contribution < -0.4 is 0 Å². The van der Waals surface area contributed by atoms with Crippen molar-refractivity contribution in [3.05, 3.63) is 0 Å². The molecule has 2 atom stereocenters. The van der Waals surface area contributed by atoms with Crippen LogP contribution >= 0.6 is 0 Å². The molecule has 0 aromatic rings. The molecular formula is C53H99NO13. The van der Waals surface area contributed by atoms with Gasteiger partial charge in [0.25, 0.3) is 0 Å². The molecule has 394 valence electrons. The number of hydrogen-bond donors (Lipinski definition) is 0. The number of unbranched alkanes of at least 4 members (excludes halogenated alkanes) is 15. The lowest BCUT2D eigenvalue weighted by molar-refractivity contribution is -0.154. The molecule has 0 N–H and O–H groups in total. The first-order valence-electron chi connectivity index (χ1n) is 26.6. The molecule has 67 heavy (non-hydrogen) atoms. The SMILES string of the molecule is CC.CCCCCCCCCOCC(COC(=O)CCCCCCCC)COC(=O)CCCN(CCCC(=O)OCC(COC(=O)CCC)COC(=O)CCCCCCC)C(=O)OC(C)(C)C. The summed E-state index contributed by atoms with van der Waals surface area (Å²) in [6.07, 6.45) is 21.2. The van der Waals surface area contributed by atoms with Crippen LogP contribution in [0.15, 0.2) is 0 Å². The van der Waals surface area contributed by atoms with Gasteiger partial charge in [0, 0.05) is 51.8 Å². The second kappa shape index (κ2) is 46.3. The van der Waals surface area contributed by atoms with Gasteiger partial charge in [0.15, 0.2) is 0 Å². The van der Waals surface area contributed by atoms with Crippen LogP contribution in [0.2, 0.25) is 0 Å². The van der Waals surface area contributed by atoms with Crippen molar-refractivity contribution >= 4 is 35.9 Å². The van der Waals surface area contributed by atoms with E-state index in [0.29, 0.717) is 38.9 Å². The molecule has 14 heteroatoms. The molecule has 0 heterocycles. The smallest absolute Gasteiger partial charge is 0.410 e. The summed E-state index contributed by atoms with van der Waals surface area (Å²) in [7, 11) is 0. The molecule has 0 spiro atoms. The van der Waals surface area contributed by atoms with Gasteiger partial charge in [-0.2, -0.15) is 0 Å². The van der Waals surface area contributed by atoms with E-state index in [9.17, 15) is 28.8 Å². The fraction of sp³-hybridized carbons (Fsp3) is 0.887. The van der Waals surface area contributed by atoms with Crippen LogP contribution in [0, 0.1) is 11.8 Å². The topological polar surface area (TPSA) is 170 Å². The lowest BCUT2D eigenvalue weighted by Crippen LogP contribution is -2.38. The monoisotopic (exact) mass is 958 g/mol. The average molecular weight is 958 g/mol. The molecule has 0 bridgehead atoms. The fourth-order valence-electron chi connectivity index (χ4n) is 6.69. The van der Waals surface area contributed by atoms with E-state index in [0.717, 1.165) is 64.2 Å². The molecule has 0 aromatic heterocycles. The van der Waals surface area contributed by atoms with Gasteiger partial charge in [-0.05, 0) is 59.3 Å². The van der Waals surface area contributed by atoms with Gasteiger partial charge in [-0.1, -0.05) is 138 Å². The average Bonchev–Trinajstić information content (AvgIpc) is 3.29. The van der Waals surface area contributed by atoms with E-state index in [1.807, 2.05) is 20.8 Å². The van der Waals surface area contributed by atoms with Crippen LogP contribution in [0.5, 0.6) is 0 Å². The number of rotatable bonds is 43. The second-order valence-electron chi connectivity index (χ2n) is 18.4. The standard InChI is InChI=1S/C51H93NO13.C2H6/c1-8-12-15-18-20-23-26-36-59-37-43(38-61-46(54)31-25-22-19-16-13-9-2)39-62-48(56)32-27-34-52(50(58)65-51(5,6)7)35-28-33-49(57)64-42-44(40-60-45(53)29-11-4)41-63-47(55)30-24-21-17-14-10-3;1-2/h43-44H,8-42H2,1-7H3;1-2H3. The Balaban J connectivity index is 0. The number of carbonyl (C=O) groups is 6. The number of ether oxygens (including phenoxy) is 7. The van der Waals surface area contributed by atoms with Crippen LogP contribution in [0.4, 0.5) is 4.79 Å². The first kappa shape index (κ1) is 65.7.